The molecule has 0 unspecified atom stereocenters. The van der Waals surface area contributed by atoms with Gasteiger partial charge in [0.15, 0.2) is 6.61 Å². The fourth-order valence-corrected chi connectivity index (χ4v) is 3.04. The van der Waals surface area contributed by atoms with E-state index in [0.717, 1.165) is 5.69 Å². The van der Waals surface area contributed by atoms with Crippen molar-refractivity contribution in [3.8, 4) is 5.75 Å². The smallest absolute Gasteiger partial charge is 0.261 e. The molecule has 0 saturated carbocycles. The van der Waals surface area contributed by atoms with E-state index in [4.69, 9.17) is 21.1 Å². The summed E-state index contributed by atoms with van der Waals surface area (Å²) >= 11 is 5.87. The second-order valence-electron chi connectivity index (χ2n) is 7.28. The molecule has 30 heavy (non-hydrogen) atoms. The maximum absolute atomic E-state index is 13.0. The van der Waals surface area contributed by atoms with Crippen molar-refractivity contribution in [2.75, 3.05) is 33.4 Å². The quantitative estimate of drug-likeness (QED) is 0.544. The van der Waals surface area contributed by atoms with Crippen LogP contribution in [0.15, 0.2) is 42.6 Å². The third-order valence-corrected chi connectivity index (χ3v) is 5.00. The van der Waals surface area contributed by atoms with E-state index in [0.29, 0.717) is 30.5 Å². The summed E-state index contributed by atoms with van der Waals surface area (Å²) in [5.41, 5.74) is 1.01. The van der Waals surface area contributed by atoms with Crippen LogP contribution in [0.25, 0.3) is 0 Å². The summed E-state index contributed by atoms with van der Waals surface area (Å²) in [7, 11) is 3.54. The van der Waals surface area contributed by atoms with E-state index in [1.54, 1.807) is 36.3 Å². The molecule has 0 spiro atoms. The predicted molar refractivity (Wildman–Crippen MR) is 117 cm³/mol. The van der Waals surface area contributed by atoms with Gasteiger partial charge in [-0.1, -0.05) is 11.6 Å². The maximum Gasteiger partial charge on any atom is 0.261 e. The fourth-order valence-electron chi connectivity index (χ4n) is 2.91. The topological polar surface area (TPSA) is 64.0 Å². The van der Waals surface area contributed by atoms with Gasteiger partial charge >= 0.3 is 0 Å². The Kier molecular flexibility index (Phi) is 9.20. The summed E-state index contributed by atoms with van der Waals surface area (Å²) in [5.74, 6) is 0.161. The molecule has 0 atom stereocenters. The highest BCUT2D eigenvalue weighted by atomic mass is 35.5. The number of aromatic nitrogens is 1. The molecular formula is C22H30ClN3O4. The van der Waals surface area contributed by atoms with Crippen molar-refractivity contribution >= 4 is 23.4 Å². The van der Waals surface area contributed by atoms with Gasteiger partial charge in [0, 0.05) is 43.7 Å². The average Bonchev–Trinajstić information content (AvgIpc) is 3.12. The summed E-state index contributed by atoms with van der Waals surface area (Å²) < 4.78 is 12.7. The van der Waals surface area contributed by atoms with Crippen molar-refractivity contribution in [3.05, 3.63) is 53.3 Å². The van der Waals surface area contributed by atoms with Crippen molar-refractivity contribution in [2.45, 2.75) is 26.4 Å². The monoisotopic (exact) mass is 435 g/mol. The summed E-state index contributed by atoms with van der Waals surface area (Å²) in [6, 6.07) is 10.6. The molecule has 0 N–H and O–H groups in total. The molecule has 2 rings (SSSR count). The van der Waals surface area contributed by atoms with Gasteiger partial charge in [-0.15, -0.1) is 0 Å². The highest BCUT2D eigenvalue weighted by Crippen LogP contribution is 2.16. The van der Waals surface area contributed by atoms with Gasteiger partial charge in [-0.2, -0.15) is 0 Å². The number of rotatable bonds is 11. The minimum absolute atomic E-state index is 0.0192. The number of amides is 2. The largest absolute Gasteiger partial charge is 0.484 e. The Labute approximate surface area is 183 Å². The number of benzene rings is 1. The summed E-state index contributed by atoms with van der Waals surface area (Å²) in [6.07, 6.45) is 1.94. The van der Waals surface area contributed by atoms with Crippen LogP contribution in [0.5, 0.6) is 5.75 Å². The van der Waals surface area contributed by atoms with E-state index in [1.165, 1.54) is 4.90 Å². The van der Waals surface area contributed by atoms with Gasteiger partial charge in [0.2, 0.25) is 5.91 Å². The van der Waals surface area contributed by atoms with Crippen molar-refractivity contribution in [1.29, 1.82) is 0 Å². The number of aryl methyl sites for hydroxylation is 1. The van der Waals surface area contributed by atoms with Gasteiger partial charge in [-0.05, 0) is 50.2 Å². The van der Waals surface area contributed by atoms with Gasteiger partial charge in [-0.3, -0.25) is 9.59 Å². The molecule has 7 nitrogen and oxygen atoms in total. The van der Waals surface area contributed by atoms with E-state index in [2.05, 4.69) is 0 Å². The Hall–Kier alpha value is -2.51. The zero-order valence-corrected chi connectivity index (χ0v) is 18.8. The number of methoxy groups -OCH3 is 1. The van der Waals surface area contributed by atoms with Crippen molar-refractivity contribution < 1.29 is 19.1 Å². The molecule has 8 heteroatoms. The van der Waals surface area contributed by atoms with Gasteiger partial charge in [0.25, 0.3) is 5.91 Å². The highest BCUT2D eigenvalue weighted by molar-refractivity contribution is 6.30. The van der Waals surface area contributed by atoms with Crippen LogP contribution in [-0.4, -0.2) is 65.6 Å². The molecule has 0 fully saturated rings. The second kappa shape index (κ2) is 11.6. The number of hydrogen-bond donors (Lipinski definition) is 0. The SMILES string of the molecule is COCCN(Cc1cccn1C)C(=O)CN(C(=O)COc1ccc(Cl)cc1)C(C)C. The molecular weight excluding hydrogens is 406 g/mol. The number of carbonyl (C=O) groups excluding carboxylic acids is 2. The Morgan fingerprint density at radius 2 is 1.83 bits per heavy atom. The molecule has 0 aliphatic heterocycles. The summed E-state index contributed by atoms with van der Waals surface area (Å²) in [4.78, 5) is 29.0. The molecule has 2 amide bonds. The molecule has 1 heterocycles. The van der Waals surface area contributed by atoms with E-state index < -0.39 is 0 Å². The van der Waals surface area contributed by atoms with Gasteiger partial charge in [0.05, 0.1) is 13.2 Å². The van der Waals surface area contributed by atoms with E-state index in [-0.39, 0.29) is 31.0 Å². The van der Waals surface area contributed by atoms with E-state index in [1.807, 2.05) is 43.8 Å². The zero-order chi connectivity index (χ0) is 22.1. The summed E-state index contributed by atoms with van der Waals surface area (Å²) in [5, 5.41) is 0.595. The molecule has 0 aliphatic rings. The minimum atomic E-state index is -0.251. The van der Waals surface area contributed by atoms with E-state index in [9.17, 15) is 9.59 Å². The van der Waals surface area contributed by atoms with Crippen LogP contribution < -0.4 is 4.74 Å². The lowest BCUT2D eigenvalue weighted by Crippen LogP contribution is -2.47. The molecule has 0 bridgehead atoms. The van der Waals surface area contributed by atoms with Crippen molar-refractivity contribution in [2.24, 2.45) is 7.05 Å². The van der Waals surface area contributed by atoms with Gasteiger partial charge in [-0.25, -0.2) is 0 Å². The maximum atomic E-state index is 13.0. The van der Waals surface area contributed by atoms with Crippen LogP contribution in [0.3, 0.4) is 0 Å². The molecule has 1 aromatic carbocycles. The third-order valence-electron chi connectivity index (χ3n) is 4.75. The number of carbonyl (C=O) groups is 2. The Morgan fingerprint density at radius 3 is 2.40 bits per heavy atom. The van der Waals surface area contributed by atoms with Crippen LogP contribution >= 0.6 is 11.6 Å². The first kappa shape index (κ1) is 23.8. The van der Waals surface area contributed by atoms with Crippen LogP contribution in [0.1, 0.15) is 19.5 Å². The first-order chi connectivity index (χ1) is 14.3. The molecule has 0 saturated heterocycles. The predicted octanol–water partition coefficient (Wildman–Crippen LogP) is 2.97. The van der Waals surface area contributed by atoms with Crippen LogP contribution in [0.2, 0.25) is 5.02 Å². The molecule has 0 aliphatic carbocycles. The first-order valence-corrected chi connectivity index (χ1v) is 10.2. The van der Waals surface area contributed by atoms with E-state index >= 15 is 0 Å². The zero-order valence-electron chi connectivity index (χ0n) is 18.0. The molecule has 164 valence electrons. The standard InChI is InChI=1S/C22H30ClN3O4/c1-17(2)26(22(28)16-30-20-9-7-18(23)8-10-20)15-21(27)25(12-13-29-4)14-19-6-5-11-24(19)3/h5-11,17H,12-16H2,1-4H3. The number of hydrogen-bond acceptors (Lipinski definition) is 4. The van der Waals surface area contributed by atoms with Gasteiger partial charge < -0.3 is 23.8 Å². The highest BCUT2D eigenvalue weighted by Gasteiger charge is 2.24. The molecule has 2 aromatic rings. The normalized spacial score (nSPS) is 10.9. The third kappa shape index (κ3) is 7.07. The fraction of sp³-hybridized carbons (Fsp3) is 0.455. The van der Waals surface area contributed by atoms with Gasteiger partial charge in [0.1, 0.15) is 12.3 Å². The average molecular weight is 436 g/mol. The lowest BCUT2D eigenvalue weighted by molar-refractivity contribution is -0.143. The molecule has 0 radical (unpaired) electrons. The Bertz CT molecular complexity index is 820. The lowest BCUT2D eigenvalue weighted by atomic mass is 10.2. The van der Waals surface area contributed by atoms with Crippen LogP contribution in [0, 0.1) is 0 Å². The first-order valence-electron chi connectivity index (χ1n) is 9.86. The van der Waals surface area contributed by atoms with Crippen molar-refractivity contribution in [1.82, 2.24) is 14.4 Å². The van der Waals surface area contributed by atoms with Crippen molar-refractivity contribution in [3.63, 3.8) is 0 Å². The van der Waals surface area contributed by atoms with Crippen LogP contribution in [-0.2, 0) is 27.9 Å². The number of nitrogens with zero attached hydrogens (tertiary/aromatic N) is 3. The lowest BCUT2D eigenvalue weighted by Gasteiger charge is -2.30. The molecule has 1 aromatic heterocycles. The van der Waals surface area contributed by atoms with Crippen LogP contribution in [0.4, 0.5) is 0 Å². The number of halogens is 1. The second-order valence-corrected chi connectivity index (χ2v) is 7.71. The minimum Gasteiger partial charge on any atom is -0.484 e. The number of ether oxygens (including phenoxy) is 2. The Morgan fingerprint density at radius 1 is 1.13 bits per heavy atom. The summed E-state index contributed by atoms with van der Waals surface area (Å²) in [6.45, 7) is 4.91. The Balaban J connectivity index is 2.02.